The van der Waals surface area contributed by atoms with E-state index in [9.17, 15) is 4.79 Å². The van der Waals surface area contributed by atoms with Crippen molar-refractivity contribution in [2.24, 2.45) is 5.92 Å². The van der Waals surface area contributed by atoms with Gasteiger partial charge in [-0.1, -0.05) is 12.8 Å². The Balaban J connectivity index is 1.97. The molecule has 0 N–H and O–H groups in total. The van der Waals surface area contributed by atoms with Gasteiger partial charge in [-0.05, 0) is 12.8 Å². The number of ketones is 1. The van der Waals surface area contributed by atoms with Crippen molar-refractivity contribution >= 4 is 5.78 Å². The highest BCUT2D eigenvalue weighted by Gasteiger charge is 2.37. The summed E-state index contributed by atoms with van der Waals surface area (Å²) in [6.07, 6.45) is 5.61. The molecule has 2 unspecified atom stereocenters. The second-order valence-corrected chi connectivity index (χ2v) is 4.70. The quantitative estimate of drug-likeness (QED) is 0.708. The predicted octanol–water partition coefficient (Wildman–Crippen LogP) is 1.47. The van der Waals surface area contributed by atoms with Crippen molar-refractivity contribution in [2.75, 3.05) is 26.8 Å². The molecule has 0 radical (unpaired) electrons. The molecule has 2 rings (SSSR count). The maximum absolute atomic E-state index is 11.8. The summed E-state index contributed by atoms with van der Waals surface area (Å²) in [5.74, 6) is 0.845. The molecule has 1 aliphatic carbocycles. The molecule has 3 heteroatoms. The fourth-order valence-electron chi connectivity index (χ4n) is 3.02. The molecular weight excluding hydrogens is 190 g/mol. The first kappa shape index (κ1) is 11.1. The molecule has 0 aromatic heterocycles. The topological polar surface area (TPSA) is 29.5 Å². The van der Waals surface area contributed by atoms with Crippen molar-refractivity contribution in [1.82, 2.24) is 4.90 Å². The molecule has 0 aromatic rings. The van der Waals surface area contributed by atoms with Crippen LogP contribution in [0.2, 0.25) is 0 Å². The summed E-state index contributed by atoms with van der Waals surface area (Å²) in [6.45, 7) is 2.73. The Hall–Kier alpha value is -0.410. The fraction of sp³-hybridized carbons (Fsp3) is 0.917. The molecule has 1 aliphatic heterocycles. The summed E-state index contributed by atoms with van der Waals surface area (Å²) < 4.78 is 5.12. The third-order valence-corrected chi connectivity index (χ3v) is 3.84. The second kappa shape index (κ2) is 5.08. The van der Waals surface area contributed by atoms with Gasteiger partial charge in [-0.3, -0.25) is 9.69 Å². The van der Waals surface area contributed by atoms with Gasteiger partial charge in [0.25, 0.3) is 0 Å². The van der Waals surface area contributed by atoms with E-state index in [4.69, 9.17) is 4.74 Å². The molecule has 2 aliphatic rings. The monoisotopic (exact) mass is 211 g/mol. The molecular formula is C12H21NO2. The molecule has 1 heterocycles. The van der Waals surface area contributed by atoms with Gasteiger partial charge in [-0.2, -0.15) is 0 Å². The molecule has 2 fully saturated rings. The SMILES string of the molecule is COCCN1CCC(=O)C2CCCCC21. The number of carbonyl (C=O) groups is 1. The van der Waals surface area contributed by atoms with Gasteiger partial charge < -0.3 is 4.74 Å². The van der Waals surface area contributed by atoms with Gasteiger partial charge in [-0.25, -0.2) is 0 Å². The minimum absolute atomic E-state index is 0.337. The lowest BCUT2D eigenvalue weighted by Gasteiger charge is -2.43. The van der Waals surface area contributed by atoms with Crippen molar-refractivity contribution in [1.29, 1.82) is 0 Å². The lowest BCUT2D eigenvalue weighted by atomic mass is 9.77. The van der Waals surface area contributed by atoms with E-state index in [0.29, 0.717) is 17.7 Å². The van der Waals surface area contributed by atoms with Gasteiger partial charge in [0.05, 0.1) is 6.61 Å². The maximum atomic E-state index is 11.8. The normalized spacial score (nSPS) is 32.7. The Bertz CT molecular complexity index is 230. The summed E-state index contributed by atoms with van der Waals surface area (Å²) in [5, 5.41) is 0. The van der Waals surface area contributed by atoms with E-state index in [1.54, 1.807) is 7.11 Å². The van der Waals surface area contributed by atoms with Crippen LogP contribution in [0, 0.1) is 5.92 Å². The molecule has 0 spiro atoms. The largest absolute Gasteiger partial charge is 0.383 e. The number of ether oxygens (including phenoxy) is 1. The van der Waals surface area contributed by atoms with Crippen LogP contribution in [0.1, 0.15) is 32.1 Å². The summed E-state index contributed by atoms with van der Waals surface area (Å²) in [7, 11) is 1.74. The van der Waals surface area contributed by atoms with E-state index < -0.39 is 0 Å². The highest BCUT2D eigenvalue weighted by atomic mass is 16.5. The Labute approximate surface area is 91.8 Å². The third-order valence-electron chi connectivity index (χ3n) is 3.84. The second-order valence-electron chi connectivity index (χ2n) is 4.70. The van der Waals surface area contributed by atoms with Crippen LogP contribution in [-0.2, 0) is 9.53 Å². The molecule has 2 atom stereocenters. The van der Waals surface area contributed by atoms with Gasteiger partial charge in [0.2, 0.25) is 0 Å². The number of carbonyl (C=O) groups excluding carboxylic acids is 1. The first-order chi connectivity index (χ1) is 7.33. The Morgan fingerprint density at radius 1 is 1.40 bits per heavy atom. The third kappa shape index (κ3) is 2.40. The summed E-state index contributed by atoms with van der Waals surface area (Å²) in [5.41, 5.74) is 0. The maximum Gasteiger partial charge on any atom is 0.138 e. The van der Waals surface area contributed by atoms with Crippen LogP contribution < -0.4 is 0 Å². The Kier molecular flexibility index (Phi) is 3.76. The van der Waals surface area contributed by atoms with Crippen molar-refractivity contribution in [3.05, 3.63) is 0 Å². The minimum Gasteiger partial charge on any atom is -0.383 e. The summed E-state index contributed by atoms with van der Waals surface area (Å²) in [6, 6.07) is 0.523. The van der Waals surface area contributed by atoms with E-state index in [1.807, 2.05) is 0 Å². The molecule has 0 amide bonds. The molecule has 15 heavy (non-hydrogen) atoms. The fourth-order valence-corrected chi connectivity index (χ4v) is 3.02. The molecule has 1 saturated heterocycles. The average molecular weight is 211 g/mol. The van der Waals surface area contributed by atoms with Crippen LogP contribution in [0.25, 0.3) is 0 Å². The number of hydrogen-bond donors (Lipinski definition) is 0. The number of hydrogen-bond acceptors (Lipinski definition) is 3. The summed E-state index contributed by atoms with van der Waals surface area (Å²) >= 11 is 0. The lowest BCUT2D eigenvalue weighted by Crippen LogP contribution is -2.51. The average Bonchev–Trinajstić information content (AvgIpc) is 2.29. The predicted molar refractivity (Wildman–Crippen MR) is 58.8 cm³/mol. The van der Waals surface area contributed by atoms with Gasteiger partial charge in [0.1, 0.15) is 5.78 Å². The van der Waals surface area contributed by atoms with Crippen LogP contribution in [0.4, 0.5) is 0 Å². The van der Waals surface area contributed by atoms with Crippen molar-refractivity contribution < 1.29 is 9.53 Å². The standard InChI is InChI=1S/C12H21NO2/c1-15-9-8-13-7-6-12(14)10-4-2-3-5-11(10)13/h10-11H,2-9H2,1H3. The highest BCUT2D eigenvalue weighted by Crippen LogP contribution is 2.32. The number of fused-ring (bicyclic) bond motifs is 1. The first-order valence-corrected chi connectivity index (χ1v) is 6.08. The smallest absolute Gasteiger partial charge is 0.138 e. The van der Waals surface area contributed by atoms with Crippen molar-refractivity contribution in [2.45, 2.75) is 38.1 Å². The molecule has 1 saturated carbocycles. The zero-order chi connectivity index (χ0) is 10.7. The van der Waals surface area contributed by atoms with Crippen LogP contribution in [-0.4, -0.2) is 43.5 Å². The van der Waals surface area contributed by atoms with Gasteiger partial charge in [0.15, 0.2) is 0 Å². The molecule has 3 nitrogen and oxygen atoms in total. The number of piperidine rings is 1. The van der Waals surface area contributed by atoms with Gasteiger partial charge in [-0.15, -0.1) is 0 Å². The highest BCUT2D eigenvalue weighted by molar-refractivity contribution is 5.82. The number of rotatable bonds is 3. The zero-order valence-corrected chi connectivity index (χ0v) is 9.58. The van der Waals surface area contributed by atoms with E-state index >= 15 is 0 Å². The number of Topliss-reactive ketones (excluding diaryl/α,β-unsaturated/α-hetero) is 1. The molecule has 86 valence electrons. The van der Waals surface area contributed by atoms with Crippen LogP contribution in [0.15, 0.2) is 0 Å². The lowest BCUT2D eigenvalue weighted by molar-refractivity contribution is -0.131. The first-order valence-electron chi connectivity index (χ1n) is 6.08. The summed E-state index contributed by atoms with van der Waals surface area (Å²) in [4.78, 5) is 14.3. The molecule has 0 aromatic carbocycles. The van der Waals surface area contributed by atoms with Crippen molar-refractivity contribution in [3.8, 4) is 0 Å². The van der Waals surface area contributed by atoms with Gasteiger partial charge >= 0.3 is 0 Å². The van der Waals surface area contributed by atoms with E-state index in [-0.39, 0.29) is 0 Å². The molecule has 0 bridgehead atoms. The van der Waals surface area contributed by atoms with Crippen LogP contribution in [0.3, 0.4) is 0 Å². The van der Waals surface area contributed by atoms with Crippen molar-refractivity contribution in [3.63, 3.8) is 0 Å². The van der Waals surface area contributed by atoms with Crippen LogP contribution in [0.5, 0.6) is 0 Å². The number of methoxy groups -OCH3 is 1. The van der Waals surface area contributed by atoms with Gasteiger partial charge in [0, 0.05) is 38.6 Å². The number of likely N-dealkylation sites (tertiary alicyclic amines) is 1. The minimum atomic E-state index is 0.337. The zero-order valence-electron chi connectivity index (χ0n) is 9.58. The van der Waals surface area contributed by atoms with E-state index in [0.717, 1.165) is 32.5 Å². The van der Waals surface area contributed by atoms with E-state index in [2.05, 4.69) is 4.90 Å². The number of nitrogens with zero attached hydrogens (tertiary/aromatic N) is 1. The Morgan fingerprint density at radius 2 is 2.20 bits per heavy atom. The Morgan fingerprint density at radius 3 is 3.00 bits per heavy atom. The van der Waals surface area contributed by atoms with E-state index in [1.165, 1.54) is 19.3 Å². The van der Waals surface area contributed by atoms with Crippen LogP contribution >= 0.6 is 0 Å².